The molecule has 1 aromatic carbocycles. The third-order valence-electron chi connectivity index (χ3n) is 7.75. The summed E-state index contributed by atoms with van der Waals surface area (Å²) < 4.78 is 66.4. The summed E-state index contributed by atoms with van der Waals surface area (Å²) in [5, 5.41) is 0. The fourth-order valence-corrected chi connectivity index (χ4v) is 5.90. The minimum Gasteiger partial charge on any atom is -0.206 e. The average Bonchev–Trinajstić information content (AvgIpc) is 2.75. The van der Waals surface area contributed by atoms with Crippen molar-refractivity contribution in [2.75, 3.05) is 0 Å². The molecule has 0 spiro atoms. The first-order chi connectivity index (χ1) is 15.3. The molecule has 0 atom stereocenters. The van der Waals surface area contributed by atoms with Crippen LogP contribution in [0.1, 0.15) is 107 Å². The van der Waals surface area contributed by atoms with Gasteiger partial charge in [-0.1, -0.05) is 44.8 Å². The Labute approximate surface area is 189 Å². The lowest BCUT2D eigenvalue weighted by molar-refractivity contribution is -0.142. The molecular formula is C27H37F5. The van der Waals surface area contributed by atoms with Crippen LogP contribution < -0.4 is 0 Å². The molecule has 0 unspecified atom stereocenters. The van der Waals surface area contributed by atoms with Crippen molar-refractivity contribution in [1.82, 2.24) is 0 Å². The summed E-state index contributed by atoms with van der Waals surface area (Å²) in [5.41, 5.74) is -1.40. The van der Waals surface area contributed by atoms with Gasteiger partial charge in [-0.25, -0.2) is 8.78 Å². The molecule has 0 bridgehead atoms. The van der Waals surface area contributed by atoms with Crippen LogP contribution in [0.15, 0.2) is 24.3 Å². The molecule has 0 N–H and O–H groups in total. The van der Waals surface area contributed by atoms with Gasteiger partial charge in [-0.3, -0.25) is 0 Å². The lowest BCUT2D eigenvalue weighted by Gasteiger charge is -2.38. The van der Waals surface area contributed by atoms with Crippen molar-refractivity contribution in [2.24, 2.45) is 17.8 Å². The third-order valence-corrected chi connectivity index (χ3v) is 7.75. The van der Waals surface area contributed by atoms with Crippen molar-refractivity contribution >= 4 is 0 Å². The molecule has 0 radical (unpaired) electrons. The zero-order chi connectivity index (χ0) is 23.1. The summed E-state index contributed by atoms with van der Waals surface area (Å²) in [5.74, 6) is -0.802. The van der Waals surface area contributed by atoms with E-state index in [4.69, 9.17) is 0 Å². The van der Waals surface area contributed by atoms with Gasteiger partial charge in [0.25, 0.3) is 0 Å². The van der Waals surface area contributed by atoms with Crippen LogP contribution >= 0.6 is 0 Å². The second-order valence-electron chi connectivity index (χ2n) is 9.94. The van der Waals surface area contributed by atoms with Gasteiger partial charge in [-0.2, -0.15) is 13.2 Å². The topological polar surface area (TPSA) is 0 Å². The van der Waals surface area contributed by atoms with Crippen LogP contribution in [0.2, 0.25) is 0 Å². The highest BCUT2D eigenvalue weighted by molar-refractivity contribution is 5.30. The molecule has 180 valence electrons. The quantitative estimate of drug-likeness (QED) is 0.207. The Morgan fingerprint density at radius 3 is 1.88 bits per heavy atom. The van der Waals surface area contributed by atoms with E-state index in [9.17, 15) is 22.0 Å². The second-order valence-corrected chi connectivity index (χ2v) is 9.94. The van der Waals surface area contributed by atoms with E-state index in [-0.39, 0.29) is 5.92 Å². The monoisotopic (exact) mass is 456 g/mol. The van der Waals surface area contributed by atoms with Crippen molar-refractivity contribution in [2.45, 2.75) is 102 Å². The Hall–Kier alpha value is -1.39. The predicted octanol–water partition coefficient (Wildman–Crippen LogP) is 9.59. The summed E-state index contributed by atoms with van der Waals surface area (Å²) in [7, 11) is 0. The molecule has 1 aromatic rings. The van der Waals surface area contributed by atoms with E-state index >= 15 is 0 Å². The van der Waals surface area contributed by atoms with Crippen LogP contribution in [0.3, 0.4) is 0 Å². The van der Waals surface area contributed by atoms with Crippen LogP contribution in [0.4, 0.5) is 22.0 Å². The molecule has 2 aliphatic rings. The number of allylic oxidation sites excluding steroid dienone is 2. The maximum Gasteiger partial charge on any atom is 0.422 e. The first-order valence-corrected chi connectivity index (χ1v) is 12.5. The number of hydrogen-bond donors (Lipinski definition) is 0. The fourth-order valence-electron chi connectivity index (χ4n) is 5.90. The lowest BCUT2D eigenvalue weighted by atomic mass is 9.68. The van der Waals surface area contributed by atoms with Gasteiger partial charge in [-0.15, -0.1) is 0 Å². The van der Waals surface area contributed by atoms with Gasteiger partial charge in [0.05, 0.1) is 0 Å². The molecule has 2 fully saturated rings. The number of hydrogen-bond acceptors (Lipinski definition) is 0. The van der Waals surface area contributed by atoms with Crippen molar-refractivity contribution in [3.8, 4) is 0 Å². The molecule has 0 heterocycles. The molecule has 32 heavy (non-hydrogen) atoms. The smallest absolute Gasteiger partial charge is 0.206 e. The molecule has 0 saturated heterocycles. The van der Waals surface area contributed by atoms with Crippen LogP contribution in [-0.4, -0.2) is 0 Å². The third kappa shape index (κ3) is 6.81. The molecule has 0 aliphatic heterocycles. The molecular weight excluding hydrogens is 419 g/mol. The molecule has 0 nitrogen and oxygen atoms in total. The molecule has 0 amide bonds. The van der Waals surface area contributed by atoms with Crippen molar-refractivity contribution in [3.05, 3.63) is 47.0 Å². The Bertz CT molecular complexity index is 712. The Morgan fingerprint density at radius 2 is 1.34 bits per heavy atom. The minimum absolute atomic E-state index is 0.0466. The van der Waals surface area contributed by atoms with E-state index in [0.29, 0.717) is 11.5 Å². The van der Waals surface area contributed by atoms with Crippen molar-refractivity contribution in [3.63, 3.8) is 0 Å². The number of rotatable bonds is 8. The highest BCUT2D eigenvalue weighted by atomic mass is 19.4. The van der Waals surface area contributed by atoms with Gasteiger partial charge >= 0.3 is 6.18 Å². The molecule has 2 aliphatic carbocycles. The van der Waals surface area contributed by atoms with E-state index in [2.05, 4.69) is 19.1 Å². The van der Waals surface area contributed by atoms with Crippen molar-refractivity contribution < 1.29 is 22.0 Å². The van der Waals surface area contributed by atoms with E-state index in [1.165, 1.54) is 57.8 Å². The Balaban J connectivity index is 1.43. The maximum atomic E-state index is 14.0. The van der Waals surface area contributed by atoms with E-state index in [1.54, 1.807) is 0 Å². The number of unbranched alkanes of at least 4 members (excludes halogenated alkanes) is 2. The van der Waals surface area contributed by atoms with Gasteiger partial charge in [0, 0.05) is 0 Å². The maximum absolute atomic E-state index is 14.0. The first-order valence-electron chi connectivity index (χ1n) is 12.5. The SMILES string of the molecule is CCC/C=C/CCCC1CCC(C2CCC(c3cc(F)c(C(F)(F)F)c(F)c3)CC2)CC1. The number of alkyl halides is 3. The van der Waals surface area contributed by atoms with Gasteiger partial charge < -0.3 is 0 Å². The Morgan fingerprint density at radius 1 is 0.812 bits per heavy atom. The summed E-state index contributed by atoms with van der Waals surface area (Å²) >= 11 is 0. The van der Waals surface area contributed by atoms with Crippen LogP contribution in [0.25, 0.3) is 0 Å². The van der Waals surface area contributed by atoms with Crippen LogP contribution in [0.5, 0.6) is 0 Å². The number of benzene rings is 1. The molecule has 3 rings (SSSR count). The van der Waals surface area contributed by atoms with Gasteiger partial charge in [-0.05, 0) is 99.2 Å². The van der Waals surface area contributed by atoms with E-state index in [1.807, 2.05) is 0 Å². The number of halogens is 5. The molecule has 0 aromatic heterocycles. The molecule has 5 heteroatoms. The Kier molecular flexibility index (Phi) is 9.19. The van der Waals surface area contributed by atoms with Gasteiger partial charge in [0.15, 0.2) is 0 Å². The summed E-state index contributed by atoms with van der Waals surface area (Å²) in [6.45, 7) is 2.20. The zero-order valence-electron chi connectivity index (χ0n) is 19.2. The minimum atomic E-state index is -5.01. The van der Waals surface area contributed by atoms with Crippen LogP contribution in [0, 0.1) is 29.4 Å². The van der Waals surface area contributed by atoms with Crippen molar-refractivity contribution in [1.29, 1.82) is 0 Å². The summed E-state index contributed by atoms with van der Waals surface area (Å²) in [6, 6.07) is 1.80. The van der Waals surface area contributed by atoms with E-state index in [0.717, 1.165) is 49.7 Å². The average molecular weight is 457 g/mol. The largest absolute Gasteiger partial charge is 0.422 e. The van der Waals surface area contributed by atoms with Gasteiger partial charge in [0.2, 0.25) is 0 Å². The molecule has 2 saturated carbocycles. The summed E-state index contributed by atoms with van der Waals surface area (Å²) in [4.78, 5) is 0. The normalized spacial score (nSPS) is 27.2. The van der Waals surface area contributed by atoms with E-state index < -0.39 is 23.4 Å². The summed E-state index contributed by atoms with van der Waals surface area (Å²) in [6.07, 6.45) is 14.6. The second kappa shape index (κ2) is 11.7. The standard InChI is InChI=1S/C27H37F5/c1-2-3-4-5-6-7-8-19-9-11-20(12-10-19)21-13-15-22(16-14-21)23-17-24(28)26(25(29)18-23)27(30,31)32/h4-5,17-22H,2-3,6-16H2,1H3/b5-4+. The zero-order valence-corrected chi connectivity index (χ0v) is 19.2. The highest BCUT2D eigenvalue weighted by Gasteiger charge is 2.39. The first kappa shape index (κ1) is 25.2. The highest BCUT2D eigenvalue weighted by Crippen LogP contribution is 2.45. The van der Waals surface area contributed by atoms with Gasteiger partial charge in [0.1, 0.15) is 17.2 Å². The van der Waals surface area contributed by atoms with Crippen LogP contribution in [-0.2, 0) is 6.18 Å². The lowest BCUT2D eigenvalue weighted by Crippen LogP contribution is -2.25. The predicted molar refractivity (Wildman–Crippen MR) is 119 cm³/mol. The fraction of sp³-hybridized carbons (Fsp3) is 0.704.